The average molecular weight is 258 g/mol. The summed E-state index contributed by atoms with van der Waals surface area (Å²) in [4.78, 5) is 13.1. The van der Waals surface area contributed by atoms with Crippen LogP contribution in [0.4, 0.5) is 0 Å². The van der Waals surface area contributed by atoms with Crippen molar-refractivity contribution in [2.75, 3.05) is 21.2 Å². The monoisotopic (exact) mass is 257 g/mol. The summed E-state index contributed by atoms with van der Waals surface area (Å²) in [6.07, 6.45) is 0. The molecule has 0 aromatic heterocycles. The maximum atomic E-state index is 11.6. The third-order valence-corrected chi connectivity index (χ3v) is 2.46. The Morgan fingerprint density at radius 2 is 2.07 bits per heavy atom. The first-order valence-electron chi connectivity index (χ1n) is 4.11. The predicted octanol–water partition coefficient (Wildman–Crippen LogP) is 2.16. The van der Waals surface area contributed by atoms with Gasteiger partial charge in [0.2, 0.25) is 0 Å². The molecule has 1 aromatic carbocycles. The van der Waals surface area contributed by atoms with E-state index >= 15 is 0 Å². The number of methoxy groups -OCH3 is 1. The summed E-state index contributed by atoms with van der Waals surface area (Å²) >= 11 is 3.33. The standard InChI is InChI=1S/C10H12BrNO2/c1-12(2)10(13)7-4-5-8(11)9(6-7)14-3/h4-6H,1-3H3. The highest BCUT2D eigenvalue weighted by molar-refractivity contribution is 9.10. The number of nitrogens with zero attached hydrogens (tertiary/aromatic N) is 1. The molecule has 0 unspecified atom stereocenters. The molecule has 3 nitrogen and oxygen atoms in total. The molecule has 0 bridgehead atoms. The van der Waals surface area contributed by atoms with Gasteiger partial charge in [0, 0.05) is 19.7 Å². The van der Waals surface area contributed by atoms with E-state index in [-0.39, 0.29) is 5.91 Å². The number of hydrogen-bond donors (Lipinski definition) is 0. The minimum absolute atomic E-state index is 0.0317. The van der Waals surface area contributed by atoms with E-state index < -0.39 is 0 Å². The highest BCUT2D eigenvalue weighted by atomic mass is 79.9. The van der Waals surface area contributed by atoms with Crippen molar-refractivity contribution in [3.05, 3.63) is 28.2 Å². The highest BCUT2D eigenvalue weighted by Gasteiger charge is 2.10. The second-order valence-electron chi connectivity index (χ2n) is 3.05. The first-order chi connectivity index (χ1) is 6.56. The lowest BCUT2D eigenvalue weighted by Gasteiger charge is -2.11. The lowest BCUT2D eigenvalue weighted by molar-refractivity contribution is 0.0827. The van der Waals surface area contributed by atoms with Crippen molar-refractivity contribution >= 4 is 21.8 Å². The molecule has 1 aromatic rings. The first-order valence-corrected chi connectivity index (χ1v) is 4.90. The molecule has 0 saturated carbocycles. The van der Waals surface area contributed by atoms with Gasteiger partial charge < -0.3 is 9.64 Å². The Hall–Kier alpha value is -1.03. The molecule has 0 saturated heterocycles. The normalized spacial score (nSPS) is 9.71. The third kappa shape index (κ3) is 2.26. The fourth-order valence-electron chi connectivity index (χ4n) is 1.05. The Morgan fingerprint density at radius 3 is 2.57 bits per heavy atom. The van der Waals surface area contributed by atoms with Gasteiger partial charge in [-0.2, -0.15) is 0 Å². The molecule has 0 heterocycles. The summed E-state index contributed by atoms with van der Waals surface area (Å²) in [7, 11) is 5.01. The highest BCUT2D eigenvalue weighted by Crippen LogP contribution is 2.25. The van der Waals surface area contributed by atoms with E-state index in [1.807, 2.05) is 0 Å². The minimum atomic E-state index is -0.0317. The number of hydrogen-bond acceptors (Lipinski definition) is 2. The molecule has 0 aliphatic rings. The van der Waals surface area contributed by atoms with Crippen LogP contribution in [0.3, 0.4) is 0 Å². The van der Waals surface area contributed by atoms with Crippen LogP contribution in [-0.2, 0) is 0 Å². The Labute approximate surface area is 91.8 Å². The number of ether oxygens (including phenoxy) is 1. The van der Waals surface area contributed by atoms with Crippen molar-refractivity contribution in [3.63, 3.8) is 0 Å². The lowest BCUT2D eigenvalue weighted by Crippen LogP contribution is -2.21. The summed E-state index contributed by atoms with van der Waals surface area (Å²) < 4.78 is 5.94. The maximum absolute atomic E-state index is 11.6. The SMILES string of the molecule is COc1cc(C(=O)N(C)C)ccc1Br. The Balaban J connectivity index is 3.06. The van der Waals surface area contributed by atoms with E-state index in [0.717, 1.165) is 4.47 Å². The number of amides is 1. The molecule has 14 heavy (non-hydrogen) atoms. The van der Waals surface area contributed by atoms with Gasteiger partial charge in [-0.05, 0) is 34.1 Å². The van der Waals surface area contributed by atoms with Crippen LogP contribution in [0.1, 0.15) is 10.4 Å². The molecule has 0 aliphatic heterocycles. The van der Waals surface area contributed by atoms with Gasteiger partial charge in [-0.15, -0.1) is 0 Å². The number of carbonyl (C=O) groups excluding carboxylic acids is 1. The van der Waals surface area contributed by atoms with Gasteiger partial charge in [0.05, 0.1) is 11.6 Å². The topological polar surface area (TPSA) is 29.5 Å². The summed E-state index contributed by atoms with van der Waals surface area (Å²) in [6.45, 7) is 0. The van der Waals surface area contributed by atoms with Crippen LogP contribution in [0, 0.1) is 0 Å². The van der Waals surface area contributed by atoms with E-state index in [0.29, 0.717) is 11.3 Å². The quantitative estimate of drug-likeness (QED) is 0.813. The number of carbonyl (C=O) groups is 1. The predicted molar refractivity (Wildman–Crippen MR) is 58.7 cm³/mol. The zero-order valence-corrected chi connectivity index (χ0v) is 9.96. The largest absolute Gasteiger partial charge is 0.496 e. The molecule has 0 aliphatic carbocycles. The van der Waals surface area contributed by atoms with E-state index in [1.165, 1.54) is 4.90 Å². The molecule has 1 amide bonds. The second kappa shape index (κ2) is 4.46. The van der Waals surface area contributed by atoms with Gasteiger partial charge in [-0.3, -0.25) is 4.79 Å². The molecule has 1 rings (SSSR count). The lowest BCUT2D eigenvalue weighted by atomic mass is 10.2. The number of halogens is 1. The number of benzene rings is 1. The molecule has 0 radical (unpaired) electrons. The Kier molecular flexibility index (Phi) is 3.52. The second-order valence-corrected chi connectivity index (χ2v) is 3.90. The van der Waals surface area contributed by atoms with Crippen molar-refractivity contribution in [1.29, 1.82) is 0 Å². The van der Waals surface area contributed by atoms with Crippen LogP contribution in [0.15, 0.2) is 22.7 Å². The summed E-state index contributed by atoms with van der Waals surface area (Å²) in [5.41, 5.74) is 0.620. The fraction of sp³-hybridized carbons (Fsp3) is 0.300. The van der Waals surface area contributed by atoms with E-state index in [2.05, 4.69) is 15.9 Å². The summed E-state index contributed by atoms with van der Waals surface area (Å²) in [5, 5.41) is 0. The van der Waals surface area contributed by atoms with Crippen molar-refractivity contribution < 1.29 is 9.53 Å². The van der Waals surface area contributed by atoms with Crippen LogP contribution >= 0.6 is 15.9 Å². The van der Waals surface area contributed by atoms with Gasteiger partial charge in [-0.25, -0.2) is 0 Å². The van der Waals surface area contributed by atoms with Gasteiger partial charge in [0.1, 0.15) is 5.75 Å². The van der Waals surface area contributed by atoms with Gasteiger partial charge in [-0.1, -0.05) is 0 Å². The molecule has 0 spiro atoms. The van der Waals surface area contributed by atoms with Crippen LogP contribution in [-0.4, -0.2) is 32.0 Å². The first kappa shape index (κ1) is 11.0. The van der Waals surface area contributed by atoms with Crippen molar-refractivity contribution in [1.82, 2.24) is 4.90 Å². The van der Waals surface area contributed by atoms with E-state index in [9.17, 15) is 4.79 Å². The molecule has 4 heteroatoms. The zero-order chi connectivity index (χ0) is 10.7. The molecule has 0 fully saturated rings. The third-order valence-electron chi connectivity index (χ3n) is 1.80. The molecule has 0 N–H and O–H groups in total. The van der Waals surface area contributed by atoms with Crippen LogP contribution in [0.25, 0.3) is 0 Å². The molecule has 76 valence electrons. The number of rotatable bonds is 2. The summed E-state index contributed by atoms with van der Waals surface area (Å²) in [6, 6.07) is 5.27. The Morgan fingerprint density at radius 1 is 1.43 bits per heavy atom. The van der Waals surface area contributed by atoms with Crippen LogP contribution < -0.4 is 4.74 Å². The van der Waals surface area contributed by atoms with Crippen molar-refractivity contribution in [3.8, 4) is 5.75 Å². The fourth-order valence-corrected chi connectivity index (χ4v) is 1.46. The van der Waals surface area contributed by atoms with Gasteiger partial charge >= 0.3 is 0 Å². The maximum Gasteiger partial charge on any atom is 0.253 e. The molecular formula is C10H12BrNO2. The Bertz CT molecular complexity index is 350. The van der Waals surface area contributed by atoms with Crippen LogP contribution in [0.5, 0.6) is 5.75 Å². The average Bonchev–Trinajstić information content (AvgIpc) is 2.17. The van der Waals surface area contributed by atoms with Crippen molar-refractivity contribution in [2.45, 2.75) is 0 Å². The zero-order valence-electron chi connectivity index (χ0n) is 8.37. The minimum Gasteiger partial charge on any atom is -0.496 e. The van der Waals surface area contributed by atoms with Crippen molar-refractivity contribution in [2.24, 2.45) is 0 Å². The van der Waals surface area contributed by atoms with Gasteiger partial charge in [0.25, 0.3) is 5.91 Å². The van der Waals surface area contributed by atoms with E-state index in [4.69, 9.17) is 4.74 Å². The molecule has 0 atom stereocenters. The smallest absolute Gasteiger partial charge is 0.253 e. The van der Waals surface area contributed by atoms with Crippen LogP contribution in [0.2, 0.25) is 0 Å². The van der Waals surface area contributed by atoms with E-state index in [1.54, 1.807) is 39.4 Å². The van der Waals surface area contributed by atoms with Gasteiger partial charge in [0.15, 0.2) is 0 Å². The summed E-state index contributed by atoms with van der Waals surface area (Å²) in [5.74, 6) is 0.633. The molecular weight excluding hydrogens is 246 g/mol.